The van der Waals surface area contributed by atoms with Crippen LogP contribution in [-0.4, -0.2) is 5.78 Å². The third-order valence-corrected chi connectivity index (χ3v) is 1.57. The highest BCUT2D eigenvalue weighted by molar-refractivity contribution is 5.86. The zero-order valence-electron chi connectivity index (χ0n) is 7.64. The van der Waals surface area contributed by atoms with Crippen LogP contribution in [-0.2, 0) is 4.79 Å². The molecule has 0 aliphatic carbocycles. The lowest BCUT2D eigenvalue weighted by Gasteiger charge is -2.14. The van der Waals surface area contributed by atoms with E-state index in [1.54, 1.807) is 13.8 Å². The first kappa shape index (κ1) is 10.2. The average molecular weight is 153 g/mol. The Bertz CT molecular complexity index is 186. The van der Waals surface area contributed by atoms with Crippen molar-refractivity contribution in [2.45, 2.75) is 34.1 Å². The maximum atomic E-state index is 11.3. The number of rotatable bonds is 3. The van der Waals surface area contributed by atoms with E-state index in [0.29, 0.717) is 12.3 Å². The molecule has 0 aliphatic rings. The first-order valence-corrected chi connectivity index (χ1v) is 3.84. The summed E-state index contributed by atoms with van der Waals surface area (Å²) in [5.41, 5.74) is -0.801. The van der Waals surface area contributed by atoms with Gasteiger partial charge < -0.3 is 0 Å². The molecular weight excluding hydrogens is 138 g/mol. The minimum Gasteiger partial charge on any atom is -0.298 e. The third kappa shape index (κ3) is 3.18. The van der Waals surface area contributed by atoms with Gasteiger partial charge in [-0.05, 0) is 19.8 Å². The second-order valence-corrected chi connectivity index (χ2v) is 3.76. The SMILES string of the molecule is CC(C)CC(=O)C(C)(C)C#N. The molecule has 2 nitrogen and oxygen atoms in total. The molecule has 0 rings (SSSR count). The van der Waals surface area contributed by atoms with Crippen LogP contribution in [0.3, 0.4) is 0 Å². The molecule has 2 heteroatoms. The Kier molecular flexibility index (Phi) is 3.25. The zero-order valence-corrected chi connectivity index (χ0v) is 7.64. The van der Waals surface area contributed by atoms with Crippen LogP contribution < -0.4 is 0 Å². The van der Waals surface area contributed by atoms with E-state index in [1.807, 2.05) is 19.9 Å². The lowest BCUT2D eigenvalue weighted by atomic mass is 9.85. The van der Waals surface area contributed by atoms with E-state index >= 15 is 0 Å². The van der Waals surface area contributed by atoms with Crippen molar-refractivity contribution < 1.29 is 4.79 Å². The molecule has 0 fully saturated rings. The highest BCUT2D eigenvalue weighted by Gasteiger charge is 2.26. The number of nitrogens with zero attached hydrogens (tertiary/aromatic N) is 1. The molecule has 0 amide bonds. The van der Waals surface area contributed by atoms with Crippen LogP contribution in [0.2, 0.25) is 0 Å². The Labute approximate surface area is 68.2 Å². The molecule has 0 radical (unpaired) electrons. The maximum absolute atomic E-state index is 11.3. The van der Waals surface area contributed by atoms with Crippen LogP contribution in [0.5, 0.6) is 0 Å². The van der Waals surface area contributed by atoms with Crippen LogP contribution >= 0.6 is 0 Å². The fourth-order valence-corrected chi connectivity index (χ4v) is 0.688. The maximum Gasteiger partial charge on any atom is 0.152 e. The molecule has 0 heterocycles. The standard InChI is InChI=1S/C9H15NO/c1-7(2)5-8(11)9(3,4)6-10/h7H,5H2,1-4H3. The average Bonchev–Trinajstić information content (AvgIpc) is 1.86. The number of ketones is 1. The summed E-state index contributed by atoms with van der Waals surface area (Å²) in [7, 11) is 0. The van der Waals surface area contributed by atoms with Gasteiger partial charge in [0.25, 0.3) is 0 Å². The van der Waals surface area contributed by atoms with Crippen molar-refractivity contribution in [1.82, 2.24) is 0 Å². The van der Waals surface area contributed by atoms with E-state index in [-0.39, 0.29) is 5.78 Å². The van der Waals surface area contributed by atoms with Gasteiger partial charge in [0.05, 0.1) is 6.07 Å². The fraction of sp³-hybridized carbons (Fsp3) is 0.778. The summed E-state index contributed by atoms with van der Waals surface area (Å²) in [5, 5.41) is 8.61. The van der Waals surface area contributed by atoms with Crippen molar-refractivity contribution in [2.24, 2.45) is 11.3 Å². The van der Waals surface area contributed by atoms with Gasteiger partial charge in [-0.3, -0.25) is 4.79 Å². The summed E-state index contributed by atoms with van der Waals surface area (Å²) in [6, 6.07) is 2.00. The molecule has 0 aromatic heterocycles. The van der Waals surface area contributed by atoms with Crippen LogP contribution in [0, 0.1) is 22.7 Å². The molecule has 0 atom stereocenters. The number of nitriles is 1. The predicted octanol–water partition coefficient (Wildman–Crippen LogP) is 2.15. The van der Waals surface area contributed by atoms with Crippen molar-refractivity contribution in [3.05, 3.63) is 0 Å². The fourth-order valence-electron chi connectivity index (χ4n) is 0.688. The molecule has 0 N–H and O–H groups in total. The summed E-state index contributed by atoms with van der Waals surface area (Å²) in [6.45, 7) is 7.28. The zero-order chi connectivity index (χ0) is 9.07. The van der Waals surface area contributed by atoms with Gasteiger partial charge >= 0.3 is 0 Å². The van der Waals surface area contributed by atoms with Crippen LogP contribution in [0.25, 0.3) is 0 Å². The van der Waals surface area contributed by atoms with Crippen molar-refractivity contribution in [1.29, 1.82) is 5.26 Å². The van der Waals surface area contributed by atoms with Gasteiger partial charge in [0.1, 0.15) is 5.41 Å². The first-order chi connectivity index (χ1) is 4.90. The first-order valence-electron chi connectivity index (χ1n) is 3.84. The molecular formula is C9H15NO. The van der Waals surface area contributed by atoms with E-state index in [9.17, 15) is 4.79 Å². The van der Waals surface area contributed by atoms with Gasteiger partial charge in [0.15, 0.2) is 5.78 Å². The Morgan fingerprint density at radius 2 is 2.00 bits per heavy atom. The molecule has 11 heavy (non-hydrogen) atoms. The number of carbonyl (C=O) groups excluding carboxylic acids is 1. The minimum atomic E-state index is -0.801. The molecule has 0 saturated carbocycles. The van der Waals surface area contributed by atoms with Gasteiger partial charge in [0, 0.05) is 6.42 Å². The second kappa shape index (κ2) is 3.52. The largest absolute Gasteiger partial charge is 0.298 e. The lowest BCUT2D eigenvalue weighted by molar-refractivity contribution is -0.125. The summed E-state index contributed by atoms with van der Waals surface area (Å²) in [6.07, 6.45) is 0.501. The molecule has 0 aromatic carbocycles. The summed E-state index contributed by atoms with van der Waals surface area (Å²) in [5.74, 6) is 0.380. The lowest BCUT2D eigenvalue weighted by Crippen LogP contribution is -2.23. The normalized spacial score (nSPS) is 11.3. The Morgan fingerprint density at radius 3 is 2.27 bits per heavy atom. The Morgan fingerprint density at radius 1 is 1.55 bits per heavy atom. The number of hydrogen-bond donors (Lipinski definition) is 0. The van der Waals surface area contributed by atoms with Crippen LogP contribution in [0.4, 0.5) is 0 Å². The number of carbonyl (C=O) groups is 1. The second-order valence-electron chi connectivity index (χ2n) is 3.76. The molecule has 62 valence electrons. The number of Topliss-reactive ketones (excluding diaryl/α,β-unsaturated/α-hetero) is 1. The van der Waals surface area contributed by atoms with Crippen LogP contribution in [0.1, 0.15) is 34.1 Å². The van der Waals surface area contributed by atoms with Crippen molar-refractivity contribution in [3.8, 4) is 6.07 Å². The topological polar surface area (TPSA) is 40.9 Å². The van der Waals surface area contributed by atoms with Gasteiger partial charge in [0.2, 0.25) is 0 Å². The quantitative estimate of drug-likeness (QED) is 0.623. The molecule has 0 unspecified atom stereocenters. The highest BCUT2D eigenvalue weighted by atomic mass is 16.1. The Balaban J connectivity index is 4.17. The number of hydrogen-bond acceptors (Lipinski definition) is 2. The Hall–Kier alpha value is -0.840. The van der Waals surface area contributed by atoms with E-state index in [0.717, 1.165) is 0 Å². The molecule has 0 bridgehead atoms. The molecule has 0 aromatic rings. The van der Waals surface area contributed by atoms with Crippen LogP contribution in [0.15, 0.2) is 0 Å². The molecule has 0 saturated heterocycles. The monoisotopic (exact) mass is 153 g/mol. The van der Waals surface area contributed by atoms with E-state index in [4.69, 9.17) is 5.26 Å². The third-order valence-electron chi connectivity index (χ3n) is 1.57. The molecule has 0 aliphatic heterocycles. The summed E-state index contributed by atoms with van der Waals surface area (Å²) in [4.78, 5) is 11.3. The van der Waals surface area contributed by atoms with E-state index < -0.39 is 5.41 Å². The smallest absolute Gasteiger partial charge is 0.152 e. The van der Waals surface area contributed by atoms with Crippen molar-refractivity contribution >= 4 is 5.78 Å². The van der Waals surface area contributed by atoms with Crippen molar-refractivity contribution in [3.63, 3.8) is 0 Å². The highest BCUT2D eigenvalue weighted by Crippen LogP contribution is 2.19. The van der Waals surface area contributed by atoms with Gasteiger partial charge in [-0.15, -0.1) is 0 Å². The van der Waals surface area contributed by atoms with E-state index in [2.05, 4.69) is 0 Å². The van der Waals surface area contributed by atoms with Gasteiger partial charge in [-0.2, -0.15) is 5.26 Å². The van der Waals surface area contributed by atoms with Gasteiger partial charge in [-0.25, -0.2) is 0 Å². The van der Waals surface area contributed by atoms with E-state index in [1.165, 1.54) is 0 Å². The van der Waals surface area contributed by atoms with Crippen molar-refractivity contribution in [2.75, 3.05) is 0 Å². The minimum absolute atomic E-state index is 0.0370. The predicted molar refractivity (Wildman–Crippen MR) is 43.9 cm³/mol. The van der Waals surface area contributed by atoms with Gasteiger partial charge in [-0.1, -0.05) is 13.8 Å². The molecule has 0 spiro atoms. The summed E-state index contributed by atoms with van der Waals surface area (Å²) >= 11 is 0. The summed E-state index contributed by atoms with van der Waals surface area (Å²) < 4.78 is 0.